The maximum absolute atomic E-state index is 13.2. The van der Waals surface area contributed by atoms with Crippen molar-refractivity contribution in [1.82, 2.24) is 4.90 Å². The molecule has 0 bridgehead atoms. The minimum Gasteiger partial charge on any atom is -0.423 e. The fourth-order valence-corrected chi connectivity index (χ4v) is 2.42. The Kier molecular flexibility index (Phi) is 4.60. The lowest BCUT2D eigenvalue weighted by Gasteiger charge is -2.25. The molecule has 3 nitrogen and oxygen atoms in total. The summed E-state index contributed by atoms with van der Waals surface area (Å²) < 4.78 is 13.2. The summed E-state index contributed by atoms with van der Waals surface area (Å²) in [5, 5.41) is 18.7. The Balaban J connectivity index is 2.16. The topological polar surface area (TPSA) is 43.7 Å². The molecule has 0 saturated heterocycles. The van der Waals surface area contributed by atoms with Crippen LogP contribution in [-0.2, 0) is 6.54 Å². The molecule has 1 fully saturated rings. The van der Waals surface area contributed by atoms with Gasteiger partial charge in [0.25, 0.3) is 0 Å². The standard InChI is InChI=1S/C14H21BFNO2/c1-10(2)8-17(13-5-6-13)9-11-3-4-12(16)7-14(11)15(18)19/h3-4,7,10,13,18-19H,5-6,8-9H2,1-2H3. The summed E-state index contributed by atoms with van der Waals surface area (Å²) in [6.45, 7) is 5.96. The Hall–Kier alpha value is -0.905. The molecule has 104 valence electrons. The predicted molar refractivity (Wildman–Crippen MR) is 74.5 cm³/mol. The molecule has 0 aromatic heterocycles. The van der Waals surface area contributed by atoms with E-state index in [0.717, 1.165) is 12.1 Å². The quantitative estimate of drug-likeness (QED) is 0.758. The Labute approximate surface area is 114 Å². The largest absolute Gasteiger partial charge is 0.488 e. The van der Waals surface area contributed by atoms with Gasteiger partial charge >= 0.3 is 7.12 Å². The predicted octanol–water partition coefficient (Wildman–Crippen LogP) is 1.13. The second kappa shape index (κ2) is 6.03. The summed E-state index contributed by atoms with van der Waals surface area (Å²) in [5.41, 5.74) is 1.07. The Bertz CT molecular complexity index is 435. The van der Waals surface area contributed by atoms with Crippen LogP contribution in [0.2, 0.25) is 0 Å². The molecule has 2 rings (SSSR count). The molecule has 0 spiro atoms. The van der Waals surface area contributed by atoms with Crippen molar-refractivity contribution in [3.63, 3.8) is 0 Å². The molecule has 1 aromatic rings. The van der Waals surface area contributed by atoms with Gasteiger partial charge in [0.15, 0.2) is 0 Å². The van der Waals surface area contributed by atoms with E-state index in [4.69, 9.17) is 0 Å². The van der Waals surface area contributed by atoms with E-state index in [2.05, 4.69) is 18.7 Å². The Morgan fingerprint density at radius 3 is 2.58 bits per heavy atom. The number of hydrogen-bond acceptors (Lipinski definition) is 3. The second-order valence-corrected chi connectivity index (χ2v) is 5.77. The Morgan fingerprint density at radius 2 is 2.05 bits per heavy atom. The van der Waals surface area contributed by atoms with Gasteiger partial charge in [-0.05, 0) is 41.9 Å². The van der Waals surface area contributed by atoms with Crippen LogP contribution in [0.25, 0.3) is 0 Å². The number of nitrogens with zero attached hydrogens (tertiary/aromatic N) is 1. The minimum absolute atomic E-state index is 0.273. The minimum atomic E-state index is -1.62. The van der Waals surface area contributed by atoms with Crippen LogP contribution >= 0.6 is 0 Å². The summed E-state index contributed by atoms with van der Waals surface area (Å²) in [6.07, 6.45) is 2.40. The lowest BCUT2D eigenvalue weighted by molar-refractivity contribution is 0.226. The molecule has 1 saturated carbocycles. The molecule has 0 aliphatic heterocycles. The average molecular weight is 265 g/mol. The van der Waals surface area contributed by atoms with E-state index in [1.54, 1.807) is 6.07 Å². The fourth-order valence-electron chi connectivity index (χ4n) is 2.42. The zero-order chi connectivity index (χ0) is 14.0. The molecule has 1 aliphatic rings. The SMILES string of the molecule is CC(C)CN(Cc1ccc(F)cc1B(O)O)C1CC1. The van der Waals surface area contributed by atoms with Crippen LogP contribution in [0.5, 0.6) is 0 Å². The summed E-state index contributed by atoms with van der Waals surface area (Å²) in [5.74, 6) is 0.122. The monoisotopic (exact) mass is 265 g/mol. The molecule has 1 aromatic carbocycles. The molecule has 2 N–H and O–H groups in total. The Morgan fingerprint density at radius 1 is 1.37 bits per heavy atom. The van der Waals surface area contributed by atoms with E-state index in [1.807, 2.05) is 0 Å². The first-order chi connectivity index (χ1) is 8.97. The van der Waals surface area contributed by atoms with Crippen molar-refractivity contribution < 1.29 is 14.4 Å². The number of rotatable bonds is 6. The molecule has 0 radical (unpaired) electrons. The summed E-state index contributed by atoms with van der Waals surface area (Å²) in [6, 6.07) is 4.83. The molecule has 5 heteroatoms. The second-order valence-electron chi connectivity index (χ2n) is 5.77. The van der Waals surface area contributed by atoms with Crippen LogP contribution in [0.15, 0.2) is 18.2 Å². The van der Waals surface area contributed by atoms with Crippen LogP contribution < -0.4 is 5.46 Å². The van der Waals surface area contributed by atoms with Gasteiger partial charge in [-0.2, -0.15) is 0 Å². The first-order valence-electron chi connectivity index (χ1n) is 6.86. The third-order valence-corrected chi connectivity index (χ3v) is 3.42. The van der Waals surface area contributed by atoms with Crippen molar-refractivity contribution >= 4 is 12.6 Å². The van der Waals surface area contributed by atoms with Crippen molar-refractivity contribution in [3.8, 4) is 0 Å². The first kappa shape index (κ1) is 14.5. The first-order valence-corrected chi connectivity index (χ1v) is 6.86. The van der Waals surface area contributed by atoms with Crippen molar-refractivity contribution in [3.05, 3.63) is 29.6 Å². The number of halogens is 1. The van der Waals surface area contributed by atoms with Crippen molar-refractivity contribution in [2.45, 2.75) is 39.3 Å². The molecule has 0 atom stereocenters. The van der Waals surface area contributed by atoms with Crippen molar-refractivity contribution in [1.29, 1.82) is 0 Å². The van der Waals surface area contributed by atoms with E-state index in [9.17, 15) is 14.4 Å². The highest BCUT2D eigenvalue weighted by Crippen LogP contribution is 2.28. The summed E-state index contributed by atoms with van der Waals surface area (Å²) in [4.78, 5) is 2.35. The zero-order valence-corrected chi connectivity index (χ0v) is 11.5. The van der Waals surface area contributed by atoms with Gasteiger partial charge in [0.2, 0.25) is 0 Å². The molecular weight excluding hydrogens is 244 g/mol. The van der Waals surface area contributed by atoms with E-state index < -0.39 is 12.9 Å². The summed E-state index contributed by atoms with van der Waals surface area (Å²) >= 11 is 0. The maximum Gasteiger partial charge on any atom is 0.488 e. The van der Waals surface area contributed by atoms with Crippen LogP contribution in [0.4, 0.5) is 4.39 Å². The third-order valence-electron chi connectivity index (χ3n) is 3.42. The van der Waals surface area contributed by atoms with Gasteiger partial charge in [-0.1, -0.05) is 19.9 Å². The van der Waals surface area contributed by atoms with E-state index in [1.165, 1.54) is 25.0 Å². The zero-order valence-electron chi connectivity index (χ0n) is 11.5. The molecule has 0 unspecified atom stereocenters. The van der Waals surface area contributed by atoms with E-state index in [-0.39, 0.29) is 5.46 Å². The number of hydrogen-bond donors (Lipinski definition) is 2. The van der Waals surface area contributed by atoms with Crippen molar-refractivity contribution in [2.75, 3.05) is 6.54 Å². The van der Waals surface area contributed by atoms with Crippen LogP contribution in [0.1, 0.15) is 32.3 Å². The van der Waals surface area contributed by atoms with Gasteiger partial charge in [-0.25, -0.2) is 4.39 Å². The van der Waals surface area contributed by atoms with Crippen LogP contribution in [0.3, 0.4) is 0 Å². The van der Waals surface area contributed by atoms with Gasteiger partial charge in [-0.3, -0.25) is 4.90 Å². The lowest BCUT2D eigenvalue weighted by Crippen LogP contribution is -2.37. The molecular formula is C14H21BFNO2. The van der Waals surface area contributed by atoms with Gasteiger partial charge in [0.1, 0.15) is 5.82 Å². The van der Waals surface area contributed by atoms with Crippen LogP contribution in [0, 0.1) is 11.7 Å². The van der Waals surface area contributed by atoms with Crippen LogP contribution in [-0.4, -0.2) is 34.7 Å². The summed E-state index contributed by atoms with van der Waals surface area (Å²) in [7, 11) is -1.62. The van der Waals surface area contributed by atoms with Gasteiger partial charge in [-0.15, -0.1) is 0 Å². The van der Waals surface area contributed by atoms with E-state index >= 15 is 0 Å². The molecule has 19 heavy (non-hydrogen) atoms. The highest BCUT2D eigenvalue weighted by atomic mass is 19.1. The van der Waals surface area contributed by atoms with Gasteiger partial charge in [0.05, 0.1) is 0 Å². The maximum atomic E-state index is 13.2. The normalized spacial score (nSPS) is 15.3. The van der Waals surface area contributed by atoms with E-state index in [0.29, 0.717) is 18.5 Å². The van der Waals surface area contributed by atoms with Gasteiger partial charge in [0, 0.05) is 19.1 Å². The highest BCUT2D eigenvalue weighted by Gasteiger charge is 2.30. The fraction of sp³-hybridized carbons (Fsp3) is 0.571. The molecule has 1 aliphatic carbocycles. The number of benzene rings is 1. The average Bonchev–Trinajstić information content (AvgIpc) is 3.13. The molecule has 0 amide bonds. The van der Waals surface area contributed by atoms with Crippen molar-refractivity contribution in [2.24, 2.45) is 5.92 Å². The lowest BCUT2D eigenvalue weighted by atomic mass is 9.77. The molecule has 0 heterocycles. The smallest absolute Gasteiger partial charge is 0.423 e. The van der Waals surface area contributed by atoms with Gasteiger partial charge < -0.3 is 10.0 Å². The highest BCUT2D eigenvalue weighted by molar-refractivity contribution is 6.59. The third kappa shape index (κ3) is 4.03.